The first kappa shape index (κ1) is 12.8. The highest BCUT2D eigenvalue weighted by Crippen LogP contribution is 2.26. The van der Waals surface area contributed by atoms with Crippen molar-refractivity contribution in [3.8, 4) is 29.2 Å². The van der Waals surface area contributed by atoms with E-state index in [-0.39, 0.29) is 11.8 Å². The highest BCUT2D eigenvalue weighted by Gasteiger charge is 2.11. The Morgan fingerprint density at radius 1 is 1.19 bits per heavy atom. The second kappa shape index (κ2) is 5.43. The zero-order valence-electron chi connectivity index (χ0n) is 10.7. The number of halogens is 1. The number of rotatable bonds is 3. The van der Waals surface area contributed by atoms with Crippen molar-refractivity contribution in [2.45, 2.75) is 0 Å². The Balaban J connectivity index is 1.84. The summed E-state index contributed by atoms with van der Waals surface area (Å²) in [6.45, 7) is 0. The lowest BCUT2D eigenvalue weighted by Crippen LogP contribution is -1.93. The van der Waals surface area contributed by atoms with Crippen LogP contribution in [0.2, 0.25) is 0 Å². The first-order valence-electron chi connectivity index (χ1n) is 6.00. The molecule has 1 aromatic carbocycles. The van der Waals surface area contributed by atoms with Gasteiger partial charge in [-0.2, -0.15) is 5.26 Å². The fourth-order valence-corrected chi connectivity index (χ4v) is 1.69. The van der Waals surface area contributed by atoms with Gasteiger partial charge in [-0.15, -0.1) is 0 Å². The van der Waals surface area contributed by atoms with Crippen molar-refractivity contribution in [3.63, 3.8) is 0 Å². The Hall–Kier alpha value is -3.20. The molecule has 0 fully saturated rings. The van der Waals surface area contributed by atoms with Crippen LogP contribution >= 0.6 is 0 Å². The van der Waals surface area contributed by atoms with Gasteiger partial charge in [-0.1, -0.05) is 0 Å². The second-order valence-corrected chi connectivity index (χ2v) is 4.09. The molecule has 3 aromatic rings. The van der Waals surface area contributed by atoms with Crippen molar-refractivity contribution in [2.75, 3.05) is 0 Å². The Kier molecular flexibility index (Phi) is 3.31. The fourth-order valence-electron chi connectivity index (χ4n) is 1.69. The van der Waals surface area contributed by atoms with Gasteiger partial charge in [0.15, 0.2) is 5.82 Å². The van der Waals surface area contributed by atoms with Crippen LogP contribution in [0, 0.1) is 17.1 Å². The third kappa shape index (κ3) is 2.72. The van der Waals surface area contributed by atoms with Gasteiger partial charge in [-0.05, 0) is 30.3 Å². The van der Waals surface area contributed by atoms with Crippen molar-refractivity contribution in [1.29, 1.82) is 5.26 Å². The first-order valence-corrected chi connectivity index (χ1v) is 6.00. The monoisotopic (exact) mass is 281 g/mol. The summed E-state index contributed by atoms with van der Waals surface area (Å²) in [5.74, 6) is -0.110. The van der Waals surface area contributed by atoms with Crippen LogP contribution in [0.15, 0.2) is 53.4 Å². The van der Waals surface area contributed by atoms with E-state index in [0.717, 1.165) is 0 Å². The first-order chi connectivity index (χ1) is 10.3. The van der Waals surface area contributed by atoms with Crippen molar-refractivity contribution >= 4 is 0 Å². The summed E-state index contributed by atoms with van der Waals surface area (Å²) in [5.41, 5.74) is 0.916. The molecule has 21 heavy (non-hydrogen) atoms. The number of nitrogens with zero attached hydrogens (tertiary/aromatic N) is 3. The molecular weight excluding hydrogens is 273 g/mol. The molecule has 0 bridgehead atoms. The van der Waals surface area contributed by atoms with Crippen LogP contribution < -0.4 is 4.74 Å². The van der Waals surface area contributed by atoms with Gasteiger partial charge in [0.2, 0.25) is 5.89 Å². The molecule has 0 aliphatic carbocycles. The molecular formula is C15H8FN3O2. The van der Waals surface area contributed by atoms with Crippen LogP contribution in [0.3, 0.4) is 0 Å². The maximum Gasteiger partial charge on any atom is 0.255 e. The van der Waals surface area contributed by atoms with Crippen LogP contribution in [0.4, 0.5) is 4.39 Å². The third-order valence-corrected chi connectivity index (χ3v) is 2.68. The molecule has 0 saturated heterocycles. The average molecular weight is 281 g/mol. The van der Waals surface area contributed by atoms with Gasteiger partial charge in [0.25, 0.3) is 5.88 Å². The van der Waals surface area contributed by atoms with E-state index in [1.54, 1.807) is 24.3 Å². The van der Waals surface area contributed by atoms with Crippen LogP contribution in [0.25, 0.3) is 11.5 Å². The van der Waals surface area contributed by atoms with Crippen LogP contribution in [0.5, 0.6) is 11.6 Å². The summed E-state index contributed by atoms with van der Waals surface area (Å²) in [6.07, 6.45) is 4.27. The molecule has 102 valence electrons. The molecule has 0 amide bonds. The summed E-state index contributed by atoms with van der Waals surface area (Å²) in [7, 11) is 0. The Morgan fingerprint density at radius 2 is 2.00 bits per heavy atom. The van der Waals surface area contributed by atoms with Crippen molar-refractivity contribution < 1.29 is 13.5 Å². The van der Waals surface area contributed by atoms with E-state index in [4.69, 9.17) is 14.4 Å². The lowest BCUT2D eigenvalue weighted by molar-refractivity contribution is 0.422. The fraction of sp³-hybridized carbons (Fsp3) is 0. The van der Waals surface area contributed by atoms with Gasteiger partial charge in [-0.3, -0.25) is 0 Å². The minimum absolute atomic E-state index is 0.157. The smallest absolute Gasteiger partial charge is 0.255 e. The summed E-state index contributed by atoms with van der Waals surface area (Å²) >= 11 is 0. The molecule has 5 nitrogen and oxygen atoms in total. The number of benzene rings is 1. The van der Waals surface area contributed by atoms with Crippen molar-refractivity contribution in [3.05, 3.63) is 60.4 Å². The standard InChI is InChI=1S/C15H8FN3O2/c16-13-7-11(14-18-5-6-20-14)9-19-15(13)21-12-3-1-10(8-17)2-4-12/h1-7,9H. The predicted molar refractivity (Wildman–Crippen MR) is 70.9 cm³/mol. The molecule has 0 aliphatic rings. The number of pyridine rings is 1. The molecule has 0 atom stereocenters. The lowest BCUT2D eigenvalue weighted by atomic mass is 10.2. The van der Waals surface area contributed by atoms with Gasteiger partial charge in [0, 0.05) is 6.20 Å². The number of hydrogen-bond donors (Lipinski definition) is 0. The number of nitriles is 1. The van der Waals surface area contributed by atoms with Crippen molar-refractivity contribution in [2.24, 2.45) is 0 Å². The number of ether oxygens (including phenoxy) is 1. The molecule has 6 heteroatoms. The van der Waals surface area contributed by atoms with E-state index in [0.29, 0.717) is 16.9 Å². The topological polar surface area (TPSA) is 71.9 Å². The van der Waals surface area contributed by atoms with E-state index in [2.05, 4.69) is 9.97 Å². The van der Waals surface area contributed by atoms with E-state index in [1.165, 1.54) is 24.7 Å². The quantitative estimate of drug-likeness (QED) is 0.734. The van der Waals surface area contributed by atoms with E-state index in [9.17, 15) is 4.39 Å². The van der Waals surface area contributed by atoms with Gasteiger partial charge < -0.3 is 9.15 Å². The highest BCUT2D eigenvalue weighted by molar-refractivity contribution is 5.52. The maximum absolute atomic E-state index is 14.0. The molecule has 0 unspecified atom stereocenters. The van der Waals surface area contributed by atoms with Gasteiger partial charge >= 0.3 is 0 Å². The molecule has 0 spiro atoms. The zero-order chi connectivity index (χ0) is 14.7. The van der Waals surface area contributed by atoms with Gasteiger partial charge in [0.1, 0.15) is 12.0 Å². The number of oxazole rings is 1. The average Bonchev–Trinajstić information content (AvgIpc) is 3.04. The summed E-state index contributed by atoms with van der Waals surface area (Å²) in [6, 6.07) is 9.52. The van der Waals surface area contributed by atoms with Crippen molar-refractivity contribution in [1.82, 2.24) is 9.97 Å². The molecule has 3 rings (SSSR count). The van der Waals surface area contributed by atoms with Gasteiger partial charge in [-0.25, -0.2) is 14.4 Å². The van der Waals surface area contributed by atoms with Gasteiger partial charge in [0.05, 0.1) is 23.4 Å². The predicted octanol–water partition coefficient (Wildman–Crippen LogP) is 3.54. The minimum Gasteiger partial charge on any atom is -0.444 e. The largest absolute Gasteiger partial charge is 0.444 e. The van der Waals surface area contributed by atoms with E-state index < -0.39 is 5.82 Å². The van der Waals surface area contributed by atoms with E-state index >= 15 is 0 Å². The summed E-state index contributed by atoms with van der Waals surface area (Å²) in [5, 5.41) is 8.71. The number of hydrogen-bond acceptors (Lipinski definition) is 5. The Labute approximate surface area is 119 Å². The summed E-state index contributed by atoms with van der Waals surface area (Å²) < 4.78 is 24.4. The third-order valence-electron chi connectivity index (χ3n) is 2.68. The van der Waals surface area contributed by atoms with E-state index in [1.807, 2.05) is 6.07 Å². The second-order valence-electron chi connectivity index (χ2n) is 4.09. The van der Waals surface area contributed by atoms with Crippen LogP contribution in [-0.2, 0) is 0 Å². The van der Waals surface area contributed by atoms with Crippen LogP contribution in [0.1, 0.15) is 5.56 Å². The Morgan fingerprint density at radius 3 is 2.62 bits per heavy atom. The van der Waals surface area contributed by atoms with Crippen LogP contribution in [-0.4, -0.2) is 9.97 Å². The lowest BCUT2D eigenvalue weighted by Gasteiger charge is -2.06. The summed E-state index contributed by atoms with van der Waals surface area (Å²) in [4.78, 5) is 7.83. The molecule has 2 heterocycles. The zero-order valence-corrected chi connectivity index (χ0v) is 10.7. The molecule has 0 saturated carbocycles. The highest BCUT2D eigenvalue weighted by atomic mass is 19.1. The SMILES string of the molecule is N#Cc1ccc(Oc2ncc(-c3ncco3)cc2F)cc1. The minimum atomic E-state index is -0.630. The maximum atomic E-state index is 14.0. The molecule has 0 aliphatic heterocycles. The molecule has 0 N–H and O–H groups in total. The molecule has 0 radical (unpaired) electrons. The molecule has 2 aromatic heterocycles. The number of aromatic nitrogens is 2. The Bertz CT molecular complexity index is 793. The normalized spacial score (nSPS) is 10.1.